The molecular weight excluding hydrogens is 434 g/mol. The highest BCUT2D eigenvalue weighted by molar-refractivity contribution is 9.11. The predicted octanol–water partition coefficient (Wildman–Crippen LogP) is 7.16. The SMILES string of the molecule is Cc1cc(Br)c(C(Cl)c2cc(Cl)cc(Cl)c2)cc1Br. The van der Waals surface area contributed by atoms with Crippen LogP contribution in [0.4, 0.5) is 0 Å². The fraction of sp³-hybridized carbons (Fsp3) is 0.143. The Morgan fingerprint density at radius 3 is 2.05 bits per heavy atom. The average molecular weight is 443 g/mol. The Hall–Kier alpha value is 0.270. The number of aryl methyl sites for hydroxylation is 1. The number of hydrogen-bond donors (Lipinski definition) is 0. The van der Waals surface area contributed by atoms with E-state index < -0.39 is 0 Å². The third-order valence-electron chi connectivity index (χ3n) is 2.73. The van der Waals surface area contributed by atoms with Gasteiger partial charge in [0.2, 0.25) is 0 Å². The van der Waals surface area contributed by atoms with E-state index in [4.69, 9.17) is 34.8 Å². The molecule has 100 valence electrons. The van der Waals surface area contributed by atoms with Crippen LogP contribution < -0.4 is 0 Å². The van der Waals surface area contributed by atoms with Gasteiger partial charge in [-0.1, -0.05) is 55.1 Å². The Balaban J connectivity index is 2.49. The molecule has 1 atom stereocenters. The lowest BCUT2D eigenvalue weighted by Crippen LogP contribution is -1.96. The maximum Gasteiger partial charge on any atom is 0.0847 e. The Bertz CT molecular complexity index is 606. The minimum atomic E-state index is -0.317. The molecule has 19 heavy (non-hydrogen) atoms. The quantitative estimate of drug-likeness (QED) is 0.432. The van der Waals surface area contributed by atoms with Crippen LogP contribution in [0.2, 0.25) is 10.0 Å². The highest BCUT2D eigenvalue weighted by Gasteiger charge is 2.16. The van der Waals surface area contributed by atoms with Crippen molar-refractivity contribution in [2.75, 3.05) is 0 Å². The molecule has 1 unspecified atom stereocenters. The highest BCUT2D eigenvalue weighted by atomic mass is 79.9. The van der Waals surface area contributed by atoms with Crippen molar-refractivity contribution in [2.24, 2.45) is 0 Å². The number of hydrogen-bond acceptors (Lipinski definition) is 0. The molecule has 0 amide bonds. The number of alkyl halides is 1. The molecule has 2 aromatic rings. The molecule has 0 aliphatic rings. The second-order valence-corrected chi connectivity index (χ2v) is 7.21. The average Bonchev–Trinajstić information content (AvgIpc) is 2.31. The summed E-state index contributed by atoms with van der Waals surface area (Å²) < 4.78 is 1.98. The molecular formula is C14H9Br2Cl3. The Kier molecular flexibility index (Phi) is 5.24. The smallest absolute Gasteiger partial charge is 0.0847 e. The molecule has 0 heterocycles. The van der Waals surface area contributed by atoms with E-state index in [2.05, 4.69) is 31.9 Å². The van der Waals surface area contributed by atoms with Gasteiger partial charge in [0, 0.05) is 19.0 Å². The van der Waals surface area contributed by atoms with Crippen LogP contribution >= 0.6 is 66.7 Å². The van der Waals surface area contributed by atoms with Crippen LogP contribution in [-0.4, -0.2) is 0 Å². The fourth-order valence-electron chi connectivity index (χ4n) is 1.76. The van der Waals surface area contributed by atoms with Crippen molar-refractivity contribution >= 4 is 66.7 Å². The Morgan fingerprint density at radius 2 is 1.47 bits per heavy atom. The van der Waals surface area contributed by atoms with E-state index in [9.17, 15) is 0 Å². The number of halogens is 5. The van der Waals surface area contributed by atoms with Crippen molar-refractivity contribution < 1.29 is 0 Å². The maximum atomic E-state index is 6.54. The molecule has 0 fully saturated rings. The molecule has 0 saturated carbocycles. The van der Waals surface area contributed by atoms with Crippen LogP contribution in [0, 0.1) is 6.92 Å². The standard InChI is InChI=1S/C14H9Br2Cl3/c1-7-2-13(16)11(6-12(7)15)14(19)8-3-9(17)5-10(18)4-8/h2-6,14H,1H3. The van der Waals surface area contributed by atoms with E-state index in [0.29, 0.717) is 10.0 Å². The number of rotatable bonds is 2. The lowest BCUT2D eigenvalue weighted by Gasteiger charge is -2.15. The van der Waals surface area contributed by atoms with Gasteiger partial charge in [-0.2, -0.15) is 0 Å². The van der Waals surface area contributed by atoms with Gasteiger partial charge in [0.1, 0.15) is 0 Å². The second-order valence-electron chi connectivity index (χ2n) is 4.19. The van der Waals surface area contributed by atoms with Crippen molar-refractivity contribution in [1.82, 2.24) is 0 Å². The molecule has 2 aromatic carbocycles. The van der Waals surface area contributed by atoms with E-state index in [-0.39, 0.29) is 5.38 Å². The molecule has 0 bridgehead atoms. The van der Waals surface area contributed by atoms with Gasteiger partial charge in [0.25, 0.3) is 0 Å². The first-order valence-electron chi connectivity index (χ1n) is 5.44. The van der Waals surface area contributed by atoms with E-state index >= 15 is 0 Å². The van der Waals surface area contributed by atoms with Gasteiger partial charge >= 0.3 is 0 Å². The molecule has 0 nitrogen and oxygen atoms in total. The molecule has 0 saturated heterocycles. The molecule has 0 radical (unpaired) electrons. The van der Waals surface area contributed by atoms with E-state index in [1.807, 2.05) is 31.2 Å². The zero-order chi connectivity index (χ0) is 14.2. The maximum absolute atomic E-state index is 6.54. The van der Waals surface area contributed by atoms with Crippen LogP contribution in [-0.2, 0) is 0 Å². The third-order valence-corrected chi connectivity index (χ3v) is 5.19. The minimum Gasteiger partial charge on any atom is -0.113 e. The first kappa shape index (κ1) is 15.7. The lowest BCUT2D eigenvalue weighted by atomic mass is 10.0. The summed E-state index contributed by atoms with van der Waals surface area (Å²) in [7, 11) is 0. The summed E-state index contributed by atoms with van der Waals surface area (Å²) in [5.74, 6) is 0. The van der Waals surface area contributed by atoms with Crippen LogP contribution in [0.1, 0.15) is 22.1 Å². The lowest BCUT2D eigenvalue weighted by molar-refractivity contribution is 1.12. The largest absolute Gasteiger partial charge is 0.113 e. The molecule has 0 spiro atoms. The summed E-state index contributed by atoms with van der Waals surface area (Å²) in [6.07, 6.45) is 0. The molecule has 2 rings (SSSR count). The summed E-state index contributed by atoms with van der Waals surface area (Å²) >= 11 is 25.6. The molecule has 5 heteroatoms. The van der Waals surface area contributed by atoms with Crippen molar-refractivity contribution in [2.45, 2.75) is 12.3 Å². The third kappa shape index (κ3) is 3.68. The second kappa shape index (κ2) is 6.36. The summed E-state index contributed by atoms with van der Waals surface area (Å²) in [4.78, 5) is 0. The van der Waals surface area contributed by atoms with Crippen LogP contribution in [0.5, 0.6) is 0 Å². The summed E-state index contributed by atoms with van der Waals surface area (Å²) in [5, 5.41) is 0.841. The predicted molar refractivity (Wildman–Crippen MR) is 90.7 cm³/mol. The van der Waals surface area contributed by atoms with Gasteiger partial charge < -0.3 is 0 Å². The van der Waals surface area contributed by atoms with E-state index in [1.54, 1.807) is 6.07 Å². The first-order chi connectivity index (χ1) is 8.88. The van der Waals surface area contributed by atoms with Crippen molar-refractivity contribution in [3.8, 4) is 0 Å². The number of benzene rings is 2. The van der Waals surface area contributed by atoms with Gasteiger partial charge in [-0.3, -0.25) is 0 Å². The molecule has 0 aromatic heterocycles. The summed E-state index contributed by atoms with van der Waals surface area (Å²) in [6.45, 7) is 2.03. The van der Waals surface area contributed by atoms with Crippen molar-refractivity contribution in [3.05, 3.63) is 66.0 Å². The topological polar surface area (TPSA) is 0 Å². The van der Waals surface area contributed by atoms with Crippen molar-refractivity contribution in [3.63, 3.8) is 0 Å². The van der Waals surface area contributed by atoms with E-state index in [1.165, 1.54) is 0 Å². The van der Waals surface area contributed by atoms with Gasteiger partial charge in [-0.25, -0.2) is 0 Å². The van der Waals surface area contributed by atoms with Crippen LogP contribution in [0.3, 0.4) is 0 Å². The highest BCUT2D eigenvalue weighted by Crippen LogP contribution is 2.38. The van der Waals surface area contributed by atoms with Gasteiger partial charge in [0.15, 0.2) is 0 Å². The van der Waals surface area contributed by atoms with Crippen LogP contribution in [0.15, 0.2) is 39.3 Å². The van der Waals surface area contributed by atoms with Gasteiger partial charge in [-0.15, -0.1) is 11.6 Å². The first-order valence-corrected chi connectivity index (χ1v) is 8.22. The summed E-state index contributed by atoms with van der Waals surface area (Å²) in [6, 6.07) is 9.37. The monoisotopic (exact) mass is 440 g/mol. The zero-order valence-corrected chi connectivity index (χ0v) is 15.3. The normalized spacial score (nSPS) is 12.5. The molecule has 0 N–H and O–H groups in total. The minimum absolute atomic E-state index is 0.317. The Morgan fingerprint density at radius 1 is 0.895 bits per heavy atom. The zero-order valence-electron chi connectivity index (χ0n) is 9.85. The Labute approximate surface area is 144 Å². The molecule has 0 aliphatic heterocycles. The van der Waals surface area contributed by atoms with E-state index in [0.717, 1.165) is 25.6 Å². The van der Waals surface area contributed by atoms with Crippen LogP contribution in [0.25, 0.3) is 0 Å². The summed E-state index contributed by atoms with van der Waals surface area (Å²) in [5.41, 5.74) is 2.98. The van der Waals surface area contributed by atoms with Gasteiger partial charge in [-0.05, 0) is 53.9 Å². The molecule has 0 aliphatic carbocycles. The fourth-order valence-corrected chi connectivity index (χ4v) is 3.79. The van der Waals surface area contributed by atoms with Crippen molar-refractivity contribution in [1.29, 1.82) is 0 Å². The van der Waals surface area contributed by atoms with Gasteiger partial charge in [0.05, 0.1) is 5.38 Å².